The fourth-order valence-corrected chi connectivity index (χ4v) is 4.16. The van der Waals surface area contributed by atoms with Gasteiger partial charge in [-0.1, -0.05) is 77.3 Å². The van der Waals surface area contributed by atoms with E-state index in [0.717, 1.165) is 5.56 Å². The number of halogens is 3. The molecule has 1 aromatic heterocycles. The third kappa shape index (κ3) is 5.73. The lowest BCUT2D eigenvalue weighted by Gasteiger charge is -2.26. The Kier molecular flexibility index (Phi) is 7.99. The average molecular weight is 542 g/mol. The summed E-state index contributed by atoms with van der Waals surface area (Å²) in [6, 6.07) is 23.0. The topological polar surface area (TPSA) is 67.2 Å². The van der Waals surface area contributed by atoms with Gasteiger partial charge in [0.2, 0.25) is 5.91 Å². The summed E-state index contributed by atoms with van der Waals surface area (Å²) >= 11 is 18.5. The molecule has 6 nitrogen and oxygen atoms in total. The molecular weight excluding hydrogens is 519 g/mol. The fraction of sp³-hybridized carbons (Fsp3) is 0.148. The van der Waals surface area contributed by atoms with Gasteiger partial charge in [-0.3, -0.25) is 9.59 Å². The SMILES string of the molecule is CC(C)N(CC(=O)Nc1cc(-c2ccccc2)nn1-c1ccccc1Cl)C(=O)c1ccc(Cl)c(Cl)c1. The minimum Gasteiger partial charge on any atom is -0.327 e. The van der Waals surface area contributed by atoms with Crippen molar-refractivity contribution < 1.29 is 9.59 Å². The van der Waals surface area contributed by atoms with Crippen molar-refractivity contribution in [1.82, 2.24) is 14.7 Å². The second-order valence-corrected chi connectivity index (χ2v) is 9.57. The van der Waals surface area contributed by atoms with E-state index in [4.69, 9.17) is 34.8 Å². The summed E-state index contributed by atoms with van der Waals surface area (Å²) in [5.74, 6) is -0.286. The lowest BCUT2D eigenvalue weighted by atomic mass is 10.1. The van der Waals surface area contributed by atoms with Gasteiger partial charge in [0.1, 0.15) is 12.4 Å². The van der Waals surface area contributed by atoms with Gasteiger partial charge < -0.3 is 10.2 Å². The zero-order valence-corrected chi connectivity index (χ0v) is 21.8. The van der Waals surface area contributed by atoms with Crippen LogP contribution in [-0.2, 0) is 4.79 Å². The Morgan fingerprint density at radius 2 is 1.58 bits per heavy atom. The molecule has 2 amide bonds. The first-order valence-electron chi connectivity index (χ1n) is 11.2. The van der Waals surface area contributed by atoms with E-state index in [1.807, 2.05) is 62.4 Å². The van der Waals surface area contributed by atoms with Gasteiger partial charge in [0.15, 0.2) is 0 Å². The van der Waals surface area contributed by atoms with Crippen molar-refractivity contribution in [3.05, 3.63) is 99.5 Å². The molecule has 0 spiro atoms. The zero-order valence-electron chi connectivity index (χ0n) is 19.6. The molecular formula is C27H23Cl3N4O2. The first-order chi connectivity index (χ1) is 17.2. The van der Waals surface area contributed by atoms with Crippen molar-refractivity contribution in [1.29, 1.82) is 0 Å². The van der Waals surface area contributed by atoms with Crippen LogP contribution < -0.4 is 5.32 Å². The Balaban J connectivity index is 1.62. The van der Waals surface area contributed by atoms with E-state index < -0.39 is 0 Å². The minimum atomic E-state index is -0.384. The lowest BCUT2D eigenvalue weighted by molar-refractivity contribution is -0.117. The van der Waals surface area contributed by atoms with Crippen LogP contribution in [0.2, 0.25) is 15.1 Å². The number of hydrogen-bond donors (Lipinski definition) is 1. The molecule has 9 heteroatoms. The summed E-state index contributed by atoms with van der Waals surface area (Å²) in [7, 11) is 0. The Morgan fingerprint density at radius 3 is 2.25 bits per heavy atom. The van der Waals surface area contributed by atoms with E-state index in [-0.39, 0.29) is 29.4 Å². The third-order valence-corrected chi connectivity index (χ3v) is 6.55. The third-order valence-electron chi connectivity index (χ3n) is 5.49. The van der Waals surface area contributed by atoms with Crippen LogP contribution >= 0.6 is 34.8 Å². The van der Waals surface area contributed by atoms with Crippen LogP contribution in [0.15, 0.2) is 78.9 Å². The summed E-state index contributed by atoms with van der Waals surface area (Å²) < 4.78 is 1.59. The Labute approximate surface area is 224 Å². The molecule has 0 bridgehead atoms. The van der Waals surface area contributed by atoms with Crippen molar-refractivity contribution >= 4 is 52.4 Å². The highest BCUT2D eigenvalue weighted by Crippen LogP contribution is 2.28. The fourth-order valence-electron chi connectivity index (χ4n) is 3.65. The van der Waals surface area contributed by atoms with E-state index in [0.29, 0.717) is 32.8 Å². The molecule has 0 saturated heterocycles. The number of rotatable bonds is 7. The summed E-state index contributed by atoms with van der Waals surface area (Å²) in [4.78, 5) is 27.8. The highest BCUT2D eigenvalue weighted by Gasteiger charge is 2.23. The predicted octanol–water partition coefficient (Wildman–Crippen LogP) is 6.99. The molecule has 184 valence electrons. The average Bonchev–Trinajstić information content (AvgIpc) is 3.27. The molecule has 3 aromatic carbocycles. The van der Waals surface area contributed by atoms with Gasteiger partial charge in [0, 0.05) is 23.2 Å². The largest absolute Gasteiger partial charge is 0.327 e. The number of amides is 2. The lowest BCUT2D eigenvalue weighted by Crippen LogP contribution is -2.42. The molecule has 0 aliphatic rings. The van der Waals surface area contributed by atoms with Crippen LogP contribution in [0, 0.1) is 0 Å². The quantitative estimate of drug-likeness (QED) is 0.274. The van der Waals surface area contributed by atoms with Crippen LogP contribution in [0.3, 0.4) is 0 Å². The number of carbonyl (C=O) groups excluding carboxylic acids is 2. The number of nitrogens with one attached hydrogen (secondary N) is 1. The number of nitrogens with zero attached hydrogens (tertiary/aromatic N) is 3. The van der Waals surface area contributed by atoms with E-state index in [1.54, 1.807) is 28.9 Å². The normalized spacial score (nSPS) is 10.9. The van der Waals surface area contributed by atoms with Gasteiger partial charge in [-0.15, -0.1) is 0 Å². The molecule has 0 atom stereocenters. The maximum absolute atomic E-state index is 13.2. The number of para-hydroxylation sites is 1. The number of anilines is 1. The van der Waals surface area contributed by atoms with Gasteiger partial charge in [0.05, 0.1) is 26.4 Å². The summed E-state index contributed by atoms with van der Waals surface area (Å²) in [6.45, 7) is 3.50. The molecule has 4 aromatic rings. The molecule has 0 unspecified atom stereocenters. The van der Waals surface area contributed by atoms with Crippen molar-refractivity contribution in [3.8, 4) is 16.9 Å². The van der Waals surface area contributed by atoms with Crippen LogP contribution in [0.25, 0.3) is 16.9 Å². The Morgan fingerprint density at radius 1 is 0.889 bits per heavy atom. The molecule has 36 heavy (non-hydrogen) atoms. The molecule has 0 aliphatic carbocycles. The highest BCUT2D eigenvalue weighted by atomic mass is 35.5. The maximum Gasteiger partial charge on any atom is 0.254 e. The van der Waals surface area contributed by atoms with Gasteiger partial charge in [-0.05, 0) is 44.2 Å². The number of aromatic nitrogens is 2. The molecule has 1 N–H and O–H groups in total. The monoisotopic (exact) mass is 540 g/mol. The minimum absolute atomic E-state index is 0.175. The molecule has 0 saturated carbocycles. The van der Waals surface area contributed by atoms with Crippen LogP contribution in [0.1, 0.15) is 24.2 Å². The number of hydrogen-bond acceptors (Lipinski definition) is 3. The second kappa shape index (κ2) is 11.2. The zero-order chi connectivity index (χ0) is 25.8. The molecule has 0 aliphatic heterocycles. The Bertz CT molecular complexity index is 1400. The van der Waals surface area contributed by atoms with Crippen molar-refractivity contribution in [2.45, 2.75) is 19.9 Å². The molecule has 0 fully saturated rings. The first kappa shape index (κ1) is 25.8. The summed E-state index contributed by atoms with van der Waals surface area (Å²) in [5, 5.41) is 8.69. The van der Waals surface area contributed by atoms with E-state index in [2.05, 4.69) is 10.4 Å². The molecule has 4 rings (SSSR count). The summed E-state index contributed by atoms with van der Waals surface area (Å²) in [5.41, 5.74) is 2.51. The van der Waals surface area contributed by atoms with Crippen molar-refractivity contribution in [3.63, 3.8) is 0 Å². The standard InChI is InChI=1S/C27H23Cl3N4O2/c1-17(2)33(27(36)19-12-13-20(28)22(30)14-19)16-26(35)31-25-15-23(18-8-4-3-5-9-18)32-34(25)24-11-7-6-10-21(24)29/h3-15,17H,16H2,1-2H3,(H,31,35). The van der Waals surface area contributed by atoms with E-state index in [9.17, 15) is 9.59 Å². The van der Waals surface area contributed by atoms with Gasteiger partial charge in [-0.25, -0.2) is 4.68 Å². The maximum atomic E-state index is 13.2. The van der Waals surface area contributed by atoms with Gasteiger partial charge in [0.25, 0.3) is 5.91 Å². The first-order valence-corrected chi connectivity index (χ1v) is 12.3. The van der Waals surface area contributed by atoms with E-state index >= 15 is 0 Å². The predicted molar refractivity (Wildman–Crippen MR) is 145 cm³/mol. The second-order valence-electron chi connectivity index (χ2n) is 8.35. The van der Waals surface area contributed by atoms with Gasteiger partial charge >= 0.3 is 0 Å². The number of carbonyl (C=O) groups is 2. The summed E-state index contributed by atoms with van der Waals surface area (Å²) in [6.07, 6.45) is 0. The van der Waals surface area contributed by atoms with Crippen molar-refractivity contribution in [2.24, 2.45) is 0 Å². The van der Waals surface area contributed by atoms with E-state index in [1.165, 1.54) is 11.0 Å². The van der Waals surface area contributed by atoms with Crippen LogP contribution in [0.4, 0.5) is 5.82 Å². The van der Waals surface area contributed by atoms with Gasteiger partial charge in [-0.2, -0.15) is 5.10 Å². The van der Waals surface area contributed by atoms with Crippen molar-refractivity contribution in [2.75, 3.05) is 11.9 Å². The van der Waals surface area contributed by atoms with Crippen LogP contribution in [0.5, 0.6) is 0 Å². The Hall–Kier alpha value is -3.32. The van der Waals surface area contributed by atoms with Crippen LogP contribution in [-0.4, -0.2) is 39.1 Å². The smallest absolute Gasteiger partial charge is 0.254 e. The number of benzene rings is 3. The molecule has 1 heterocycles. The highest BCUT2D eigenvalue weighted by molar-refractivity contribution is 6.42. The molecule has 0 radical (unpaired) electrons.